The van der Waals surface area contributed by atoms with E-state index in [1.54, 1.807) is 24.3 Å². The lowest BCUT2D eigenvalue weighted by Gasteiger charge is -2.10. The third-order valence-electron chi connectivity index (χ3n) is 2.28. The van der Waals surface area contributed by atoms with Gasteiger partial charge in [-0.1, -0.05) is 31.5 Å². The molecule has 0 heterocycles. The Hall–Kier alpha value is -2.43. The Morgan fingerprint density at radius 2 is 1.70 bits per heavy atom. The predicted molar refractivity (Wildman–Crippen MR) is 78.0 cm³/mol. The van der Waals surface area contributed by atoms with Crippen molar-refractivity contribution in [2.75, 3.05) is 7.05 Å². The molecule has 1 aromatic carbocycles. The van der Waals surface area contributed by atoms with Crippen LogP contribution in [0, 0.1) is 6.92 Å². The van der Waals surface area contributed by atoms with E-state index >= 15 is 0 Å². The van der Waals surface area contributed by atoms with Crippen LogP contribution in [0.3, 0.4) is 0 Å². The molecule has 1 rings (SSSR count). The summed E-state index contributed by atoms with van der Waals surface area (Å²) in [7, 11) is 1.46. The summed E-state index contributed by atoms with van der Waals surface area (Å²) < 4.78 is 0. The maximum absolute atomic E-state index is 11.9. The van der Waals surface area contributed by atoms with E-state index in [1.165, 1.54) is 7.05 Å². The van der Waals surface area contributed by atoms with E-state index in [-0.39, 0.29) is 0 Å². The summed E-state index contributed by atoms with van der Waals surface area (Å²) in [5, 5.41) is 2.35. The van der Waals surface area contributed by atoms with Crippen LogP contribution in [0.2, 0.25) is 0 Å². The molecular weight excluding hydrogens is 256 g/mol. The second-order valence-corrected chi connectivity index (χ2v) is 3.61. The van der Waals surface area contributed by atoms with Crippen LogP contribution < -0.4 is 5.32 Å². The van der Waals surface area contributed by atoms with Crippen molar-refractivity contribution in [3.63, 3.8) is 0 Å². The number of imide groups is 1. The third-order valence-corrected chi connectivity index (χ3v) is 2.28. The number of carbonyl (C=O) groups is 3. The van der Waals surface area contributed by atoms with Gasteiger partial charge in [-0.15, -0.1) is 0 Å². The maximum Gasteiger partial charge on any atom is 0.264 e. The van der Waals surface area contributed by atoms with Crippen molar-refractivity contribution in [3.05, 3.63) is 47.7 Å². The normalized spacial score (nSPS) is 9.40. The quantitative estimate of drug-likeness (QED) is 0.674. The zero-order valence-corrected chi connectivity index (χ0v) is 12.2. The van der Waals surface area contributed by atoms with E-state index in [0.29, 0.717) is 12.0 Å². The molecule has 0 atom stereocenters. The number of rotatable bonds is 4. The van der Waals surface area contributed by atoms with E-state index < -0.39 is 11.8 Å². The predicted octanol–water partition coefficient (Wildman–Crippen LogP) is 1.88. The molecule has 0 aliphatic rings. The van der Waals surface area contributed by atoms with Crippen molar-refractivity contribution in [1.82, 2.24) is 10.2 Å². The van der Waals surface area contributed by atoms with E-state index in [1.807, 2.05) is 20.8 Å². The van der Waals surface area contributed by atoms with Crippen LogP contribution >= 0.6 is 0 Å². The van der Waals surface area contributed by atoms with E-state index in [4.69, 9.17) is 0 Å². The van der Waals surface area contributed by atoms with Gasteiger partial charge in [-0.2, -0.15) is 0 Å². The molecule has 0 bridgehead atoms. The van der Waals surface area contributed by atoms with Crippen LogP contribution in [0.4, 0.5) is 0 Å². The highest BCUT2D eigenvalue weighted by atomic mass is 16.2. The lowest BCUT2D eigenvalue weighted by Crippen LogP contribution is -2.25. The first-order valence-corrected chi connectivity index (χ1v) is 6.33. The summed E-state index contributed by atoms with van der Waals surface area (Å²) in [6.45, 7) is 5.90. The molecule has 5 nitrogen and oxygen atoms in total. The van der Waals surface area contributed by atoms with Crippen molar-refractivity contribution in [2.45, 2.75) is 20.8 Å². The summed E-state index contributed by atoms with van der Waals surface area (Å²) in [5.41, 5.74) is 1.40. The molecule has 3 amide bonds. The first kappa shape index (κ1) is 17.6. The van der Waals surface area contributed by atoms with Gasteiger partial charge in [-0.05, 0) is 19.1 Å². The van der Waals surface area contributed by atoms with Crippen LogP contribution in [0.5, 0.6) is 0 Å². The molecule has 0 unspecified atom stereocenters. The van der Waals surface area contributed by atoms with Crippen LogP contribution in [-0.4, -0.2) is 30.2 Å². The molecule has 108 valence electrons. The molecule has 0 radical (unpaired) electrons. The first-order chi connectivity index (χ1) is 9.58. The zero-order chi connectivity index (χ0) is 15.5. The number of hydrogen-bond acceptors (Lipinski definition) is 3. The lowest BCUT2D eigenvalue weighted by atomic mass is 10.1. The highest BCUT2D eigenvalue weighted by Gasteiger charge is 2.12. The summed E-state index contributed by atoms with van der Waals surface area (Å²) in [5.74, 6) is -0.872. The molecule has 0 spiro atoms. The van der Waals surface area contributed by atoms with Gasteiger partial charge in [0.25, 0.3) is 5.91 Å². The Labute approximate surface area is 119 Å². The molecule has 20 heavy (non-hydrogen) atoms. The van der Waals surface area contributed by atoms with Crippen LogP contribution in [0.15, 0.2) is 36.5 Å². The topological polar surface area (TPSA) is 66.5 Å². The van der Waals surface area contributed by atoms with Crippen LogP contribution in [-0.2, 0) is 9.59 Å². The zero-order valence-electron chi connectivity index (χ0n) is 12.2. The number of amides is 3. The fraction of sp³-hybridized carbons (Fsp3) is 0.267. The van der Waals surface area contributed by atoms with Crippen LogP contribution in [0.1, 0.15) is 29.8 Å². The van der Waals surface area contributed by atoms with E-state index in [9.17, 15) is 14.4 Å². The molecule has 0 fully saturated rings. The Morgan fingerprint density at radius 3 is 2.15 bits per heavy atom. The third kappa shape index (κ3) is 5.48. The molecule has 0 saturated carbocycles. The van der Waals surface area contributed by atoms with Gasteiger partial charge >= 0.3 is 0 Å². The van der Waals surface area contributed by atoms with Crippen LogP contribution in [0.25, 0.3) is 0 Å². The fourth-order valence-corrected chi connectivity index (χ4v) is 1.23. The summed E-state index contributed by atoms with van der Waals surface area (Å²) in [6, 6.07) is 6.81. The minimum absolute atomic E-state index is 0.363. The highest BCUT2D eigenvalue weighted by Crippen LogP contribution is 2.06. The number of aryl methyl sites for hydroxylation is 1. The number of nitrogens with zero attached hydrogens (tertiary/aromatic N) is 1. The molecule has 1 aromatic rings. The Kier molecular flexibility index (Phi) is 8.34. The van der Waals surface area contributed by atoms with Gasteiger partial charge in [0.15, 0.2) is 0 Å². The Bertz CT molecular complexity index is 478. The molecule has 1 N–H and O–H groups in total. The van der Waals surface area contributed by atoms with Crippen molar-refractivity contribution in [3.8, 4) is 0 Å². The Morgan fingerprint density at radius 1 is 1.15 bits per heavy atom. The molecule has 5 heteroatoms. The smallest absolute Gasteiger partial charge is 0.264 e. The monoisotopic (exact) mass is 276 g/mol. The number of carbonyl (C=O) groups excluding carboxylic acids is 3. The number of likely N-dealkylation sites (N-methyl/N-ethyl adjacent to an activating group) is 1. The van der Waals surface area contributed by atoms with E-state index in [2.05, 4.69) is 5.32 Å². The lowest BCUT2D eigenvalue weighted by molar-refractivity contribution is -0.116. The number of nitrogens with one attached hydrogen (secondary N) is 1. The highest BCUT2D eigenvalue weighted by molar-refractivity contribution is 6.01. The summed E-state index contributed by atoms with van der Waals surface area (Å²) in [6.07, 6.45) is 2.61. The molecule has 0 aromatic heterocycles. The minimum Gasteiger partial charge on any atom is -0.356 e. The van der Waals surface area contributed by atoms with Gasteiger partial charge in [0.05, 0.1) is 0 Å². The van der Waals surface area contributed by atoms with Gasteiger partial charge in [0.2, 0.25) is 12.3 Å². The SMILES string of the molecule is CC.CNC(=O)/C=C\N(C=O)C(=O)c1ccc(C)cc1. The minimum atomic E-state index is -0.481. The van der Waals surface area contributed by atoms with Gasteiger partial charge < -0.3 is 5.32 Å². The van der Waals surface area contributed by atoms with Crippen molar-refractivity contribution in [1.29, 1.82) is 0 Å². The van der Waals surface area contributed by atoms with Gasteiger partial charge in [0.1, 0.15) is 0 Å². The van der Waals surface area contributed by atoms with Crippen molar-refractivity contribution < 1.29 is 14.4 Å². The number of benzene rings is 1. The summed E-state index contributed by atoms with van der Waals surface area (Å²) in [4.78, 5) is 34.5. The van der Waals surface area contributed by atoms with Crippen molar-refractivity contribution >= 4 is 18.2 Å². The largest absolute Gasteiger partial charge is 0.356 e. The van der Waals surface area contributed by atoms with Gasteiger partial charge in [-0.3, -0.25) is 19.3 Å². The van der Waals surface area contributed by atoms with Crippen molar-refractivity contribution in [2.24, 2.45) is 0 Å². The summed E-state index contributed by atoms with van der Waals surface area (Å²) >= 11 is 0. The first-order valence-electron chi connectivity index (χ1n) is 6.33. The van der Waals surface area contributed by atoms with Gasteiger partial charge in [0, 0.05) is 24.9 Å². The average Bonchev–Trinajstić information content (AvgIpc) is 2.50. The van der Waals surface area contributed by atoms with E-state index in [0.717, 1.165) is 22.7 Å². The fourth-order valence-electron chi connectivity index (χ4n) is 1.23. The molecule has 0 saturated heterocycles. The molecule has 0 aliphatic heterocycles. The maximum atomic E-state index is 11.9. The molecular formula is C15H20N2O3. The van der Waals surface area contributed by atoms with Gasteiger partial charge in [-0.25, -0.2) is 0 Å². The Balaban J connectivity index is 0.00000172. The second kappa shape index (κ2) is 9.49. The average molecular weight is 276 g/mol. The second-order valence-electron chi connectivity index (χ2n) is 3.61. The number of hydrogen-bond donors (Lipinski definition) is 1. The molecule has 0 aliphatic carbocycles. The standard InChI is InChI=1S/C13H14N2O3.C2H6/c1-10-3-5-11(6-4-10)13(18)15(9-16)8-7-12(17)14-2;1-2/h3-9H,1-2H3,(H,14,17);1-2H3/b8-7-;.